The van der Waals surface area contributed by atoms with Gasteiger partial charge in [-0.05, 0) is 19.1 Å². The number of nitrogens with one attached hydrogen (secondary N) is 2. The van der Waals surface area contributed by atoms with Crippen LogP contribution >= 0.6 is 0 Å². The number of ether oxygens (including phenoxy) is 2. The van der Waals surface area contributed by atoms with Crippen LogP contribution in [0.25, 0.3) is 0 Å². The molecule has 0 atom stereocenters. The number of para-hydroxylation sites is 1. The van der Waals surface area contributed by atoms with Crippen LogP contribution < -0.4 is 10.1 Å². The predicted molar refractivity (Wildman–Crippen MR) is 97.7 cm³/mol. The summed E-state index contributed by atoms with van der Waals surface area (Å²) >= 11 is 0. The zero-order valence-electron chi connectivity index (χ0n) is 15.2. The fourth-order valence-corrected chi connectivity index (χ4v) is 3.56. The molecule has 1 aromatic heterocycles. The molecule has 142 valence electrons. The number of aromatic amines is 1. The highest BCUT2D eigenvalue weighted by molar-refractivity contribution is 6.01. The molecule has 4 rings (SSSR count). The summed E-state index contributed by atoms with van der Waals surface area (Å²) in [6.07, 6.45) is 2.90. The van der Waals surface area contributed by atoms with E-state index in [1.807, 2.05) is 19.1 Å². The molecule has 0 aliphatic carbocycles. The van der Waals surface area contributed by atoms with E-state index in [1.165, 1.54) is 0 Å². The van der Waals surface area contributed by atoms with Crippen LogP contribution in [0.15, 0.2) is 30.5 Å². The van der Waals surface area contributed by atoms with Crippen molar-refractivity contribution in [3.8, 4) is 5.75 Å². The van der Waals surface area contributed by atoms with E-state index in [9.17, 15) is 9.59 Å². The lowest BCUT2D eigenvalue weighted by Gasteiger charge is -2.38. The summed E-state index contributed by atoms with van der Waals surface area (Å²) in [5.74, 6) is 0.0976. The average molecular weight is 370 g/mol. The van der Waals surface area contributed by atoms with Gasteiger partial charge in [0.05, 0.1) is 42.9 Å². The van der Waals surface area contributed by atoms with Crippen molar-refractivity contribution in [2.75, 3.05) is 31.6 Å². The minimum absolute atomic E-state index is 0.0518. The molecule has 2 aliphatic heterocycles. The van der Waals surface area contributed by atoms with Crippen molar-refractivity contribution in [3.05, 3.63) is 41.7 Å². The first kappa shape index (κ1) is 17.5. The molecule has 1 aromatic carbocycles. The SMILES string of the molecule is Cc1[nH]ncc1NC(=O)CN1CC2(CCOCC2)Oc2ccccc2C1=O. The summed E-state index contributed by atoms with van der Waals surface area (Å²) < 4.78 is 11.8. The molecule has 3 heterocycles. The molecule has 2 N–H and O–H groups in total. The molecule has 0 radical (unpaired) electrons. The van der Waals surface area contributed by atoms with Gasteiger partial charge in [0.1, 0.15) is 17.9 Å². The molecule has 2 aromatic rings. The molecule has 1 spiro atoms. The Morgan fingerprint density at radius 3 is 2.85 bits per heavy atom. The van der Waals surface area contributed by atoms with E-state index in [0.717, 1.165) is 5.69 Å². The Balaban J connectivity index is 1.59. The number of rotatable bonds is 3. The van der Waals surface area contributed by atoms with Crippen LogP contribution in [-0.4, -0.2) is 58.8 Å². The first-order chi connectivity index (χ1) is 13.1. The Morgan fingerprint density at radius 2 is 2.11 bits per heavy atom. The number of fused-ring (bicyclic) bond motifs is 1. The number of hydrogen-bond donors (Lipinski definition) is 2. The Bertz CT molecular complexity index is 857. The highest BCUT2D eigenvalue weighted by Crippen LogP contribution is 2.34. The minimum Gasteiger partial charge on any atom is -0.484 e. The lowest BCUT2D eigenvalue weighted by Crippen LogP contribution is -2.52. The largest absolute Gasteiger partial charge is 0.484 e. The number of carbonyl (C=O) groups is 2. The van der Waals surface area contributed by atoms with Gasteiger partial charge in [-0.3, -0.25) is 14.7 Å². The number of hydrogen-bond acceptors (Lipinski definition) is 5. The van der Waals surface area contributed by atoms with Crippen LogP contribution in [-0.2, 0) is 9.53 Å². The average Bonchev–Trinajstić information content (AvgIpc) is 3.01. The van der Waals surface area contributed by atoms with Crippen molar-refractivity contribution < 1.29 is 19.1 Å². The molecule has 8 nitrogen and oxygen atoms in total. The molecule has 0 unspecified atom stereocenters. The van der Waals surface area contributed by atoms with E-state index >= 15 is 0 Å². The number of anilines is 1. The quantitative estimate of drug-likeness (QED) is 0.858. The van der Waals surface area contributed by atoms with Gasteiger partial charge in [0.25, 0.3) is 5.91 Å². The molecular weight excluding hydrogens is 348 g/mol. The van der Waals surface area contributed by atoms with Crippen molar-refractivity contribution in [2.45, 2.75) is 25.4 Å². The first-order valence-electron chi connectivity index (χ1n) is 9.01. The molecule has 2 amide bonds. The summed E-state index contributed by atoms with van der Waals surface area (Å²) in [6.45, 7) is 3.27. The van der Waals surface area contributed by atoms with Crippen LogP contribution in [0.4, 0.5) is 5.69 Å². The number of carbonyl (C=O) groups excluding carboxylic acids is 2. The van der Waals surface area contributed by atoms with Gasteiger partial charge in [-0.1, -0.05) is 12.1 Å². The van der Waals surface area contributed by atoms with Crippen LogP contribution in [0.3, 0.4) is 0 Å². The van der Waals surface area contributed by atoms with Crippen LogP contribution in [0, 0.1) is 6.92 Å². The van der Waals surface area contributed by atoms with Crippen LogP contribution in [0.2, 0.25) is 0 Å². The maximum absolute atomic E-state index is 13.1. The smallest absolute Gasteiger partial charge is 0.258 e. The summed E-state index contributed by atoms with van der Waals surface area (Å²) in [6, 6.07) is 7.20. The van der Waals surface area contributed by atoms with E-state index in [-0.39, 0.29) is 18.4 Å². The fourth-order valence-electron chi connectivity index (χ4n) is 3.56. The summed E-state index contributed by atoms with van der Waals surface area (Å²) in [5.41, 5.74) is 1.32. The van der Waals surface area contributed by atoms with Gasteiger partial charge in [0.2, 0.25) is 5.91 Å². The zero-order chi connectivity index (χ0) is 18.9. The Hall–Kier alpha value is -2.87. The Morgan fingerprint density at radius 1 is 1.33 bits per heavy atom. The molecule has 2 aliphatic rings. The third-order valence-corrected chi connectivity index (χ3v) is 5.05. The molecule has 0 bridgehead atoms. The van der Waals surface area contributed by atoms with Gasteiger partial charge >= 0.3 is 0 Å². The lowest BCUT2D eigenvalue weighted by molar-refractivity contribution is -0.117. The number of H-pyrrole nitrogens is 1. The zero-order valence-corrected chi connectivity index (χ0v) is 15.2. The topological polar surface area (TPSA) is 96.6 Å². The third-order valence-electron chi connectivity index (χ3n) is 5.05. The number of amides is 2. The number of nitrogens with zero attached hydrogens (tertiary/aromatic N) is 2. The standard InChI is InChI=1S/C19H22N4O4/c1-13-15(10-20-22-13)21-17(24)11-23-12-19(6-8-26-9-7-19)27-16-5-3-2-4-14(16)18(23)25/h2-5,10H,6-9,11-12H2,1H3,(H,20,22)(H,21,24). The summed E-state index contributed by atoms with van der Waals surface area (Å²) in [4.78, 5) is 27.2. The van der Waals surface area contributed by atoms with Crippen LogP contribution in [0.5, 0.6) is 5.75 Å². The van der Waals surface area contributed by atoms with E-state index in [2.05, 4.69) is 15.5 Å². The van der Waals surface area contributed by atoms with Crippen LogP contribution in [0.1, 0.15) is 28.9 Å². The van der Waals surface area contributed by atoms with E-state index < -0.39 is 5.60 Å². The minimum atomic E-state index is -0.535. The second-order valence-electron chi connectivity index (χ2n) is 7.01. The highest BCUT2D eigenvalue weighted by atomic mass is 16.5. The van der Waals surface area contributed by atoms with Crippen molar-refractivity contribution in [3.63, 3.8) is 0 Å². The maximum atomic E-state index is 13.1. The summed E-state index contributed by atoms with van der Waals surface area (Å²) in [5, 5.41) is 9.47. The third kappa shape index (κ3) is 3.52. The summed E-state index contributed by atoms with van der Waals surface area (Å²) in [7, 11) is 0. The Labute approximate surface area is 156 Å². The van der Waals surface area contributed by atoms with Crippen molar-refractivity contribution >= 4 is 17.5 Å². The lowest BCUT2D eigenvalue weighted by atomic mass is 9.93. The van der Waals surface area contributed by atoms with Gasteiger partial charge < -0.3 is 19.7 Å². The second kappa shape index (κ2) is 7.03. The second-order valence-corrected chi connectivity index (χ2v) is 7.01. The van der Waals surface area contributed by atoms with E-state index in [1.54, 1.807) is 23.2 Å². The van der Waals surface area contributed by atoms with E-state index in [4.69, 9.17) is 9.47 Å². The van der Waals surface area contributed by atoms with Gasteiger partial charge in [-0.25, -0.2) is 0 Å². The van der Waals surface area contributed by atoms with Gasteiger partial charge in [0.15, 0.2) is 0 Å². The normalized spacial score (nSPS) is 18.6. The maximum Gasteiger partial charge on any atom is 0.258 e. The number of benzene rings is 1. The molecule has 0 saturated carbocycles. The monoisotopic (exact) mass is 370 g/mol. The molecule has 1 saturated heterocycles. The van der Waals surface area contributed by atoms with Gasteiger partial charge in [-0.15, -0.1) is 0 Å². The fraction of sp³-hybridized carbons (Fsp3) is 0.421. The van der Waals surface area contributed by atoms with Gasteiger partial charge in [0, 0.05) is 12.8 Å². The van der Waals surface area contributed by atoms with Gasteiger partial charge in [-0.2, -0.15) is 5.10 Å². The number of aryl methyl sites for hydroxylation is 1. The van der Waals surface area contributed by atoms with Crippen molar-refractivity contribution in [1.29, 1.82) is 0 Å². The predicted octanol–water partition coefficient (Wildman–Crippen LogP) is 1.74. The van der Waals surface area contributed by atoms with Crippen molar-refractivity contribution in [1.82, 2.24) is 15.1 Å². The number of aromatic nitrogens is 2. The highest BCUT2D eigenvalue weighted by Gasteiger charge is 2.42. The Kier molecular flexibility index (Phi) is 4.57. The molecule has 27 heavy (non-hydrogen) atoms. The van der Waals surface area contributed by atoms with Crippen molar-refractivity contribution in [2.24, 2.45) is 0 Å². The first-order valence-corrected chi connectivity index (χ1v) is 9.01. The molecular formula is C19H22N4O4. The van der Waals surface area contributed by atoms with E-state index in [0.29, 0.717) is 49.6 Å². The molecule has 1 fully saturated rings. The molecule has 8 heteroatoms.